The lowest BCUT2D eigenvalue weighted by molar-refractivity contribution is -0.993. The van der Waals surface area contributed by atoms with Gasteiger partial charge in [0.1, 0.15) is 6.21 Å². The first kappa shape index (κ1) is 15.2. The predicted octanol–water partition coefficient (Wildman–Crippen LogP) is 2.10. The molecule has 25 heavy (non-hydrogen) atoms. The maximum atomic E-state index is 5.42. The van der Waals surface area contributed by atoms with Gasteiger partial charge in [-0.2, -0.15) is 9.83 Å². The fraction of sp³-hybridized carbons (Fsp3) is 0.111. The van der Waals surface area contributed by atoms with Gasteiger partial charge in [0.15, 0.2) is 12.0 Å². The number of aromatic nitrogens is 2. The summed E-state index contributed by atoms with van der Waals surface area (Å²) in [4.78, 5) is 18.4. The highest BCUT2D eigenvalue weighted by Gasteiger charge is 2.41. The van der Waals surface area contributed by atoms with Crippen LogP contribution in [-0.2, 0) is 11.9 Å². The summed E-state index contributed by atoms with van der Waals surface area (Å²) in [7, 11) is 3.47. The Labute approximate surface area is 144 Å². The largest absolute Gasteiger partial charge is 0.327 e. The summed E-state index contributed by atoms with van der Waals surface area (Å²) in [6.07, 6.45) is 6.87. The highest BCUT2D eigenvalue weighted by atomic mass is 16.7. The standard InChI is InChI=1S/C18H15N6O/c1-23-13-15(14-6-4-3-5-7-14)20-17(23)9-8-16-21-18-12-19-10-11-24(18,22-16)25-2/h3-7,10-13H,1-2H3/q+1. The minimum Gasteiger partial charge on any atom is -0.327 e. The molecule has 0 saturated carbocycles. The number of aryl methyl sites for hydroxylation is 1. The molecule has 1 aromatic heterocycles. The van der Waals surface area contributed by atoms with Crippen LogP contribution in [0.3, 0.4) is 0 Å². The zero-order valence-electron chi connectivity index (χ0n) is 13.8. The van der Waals surface area contributed by atoms with Crippen LogP contribution in [0.15, 0.2) is 64.0 Å². The number of aliphatic imine (C=N–C) groups is 2. The first-order valence-electron chi connectivity index (χ1n) is 7.66. The lowest BCUT2D eigenvalue weighted by Crippen LogP contribution is -2.41. The van der Waals surface area contributed by atoms with E-state index in [0.717, 1.165) is 11.3 Å². The number of rotatable bonds is 2. The Morgan fingerprint density at radius 2 is 2.00 bits per heavy atom. The molecule has 0 bridgehead atoms. The molecule has 0 amide bonds. The van der Waals surface area contributed by atoms with E-state index in [1.807, 2.05) is 48.1 Å². The quantitative estimate of drug-likeness (QED) is 0.625. The highest BCUT2D eigenvalue weighted by Crippen LogP contribution is 2.21. The van der Waals surface area contributed by atoms with Crippen molar-refractivity contribution in [3.8, 4) is 23.1 Å². The number of amidine groups is 2. The van der Waals surface area contributed by atoms with Crippen LogP contribution in [0.1, 0.15) is 5.82 Å². The van der Waals surface area contributed by atoms with Crippen molar-refractivity contribution in [3.63, 3.8) is 0 Å². The van der Waals surface area contributed by atoms with Crippen LogP contribution in [0.25, 0.3) is 11.3 Å². The van der Waals surface area contributed by atoms with Crippen LogP contribution in [-0.4, -0.2) is 39.3 Å². The second-order valence-electron chi connectivity index (χ2n) is 5.45. The molecule has 1 aromatic carbocycles. The van der Waals surface area contributed by atoms with Gasteiger partial charge >= 0.3 is 5.84 Å². The Hall–Kier alpha value is -3.34. The van der Waals surface area contributed by atoms with E-state index in [0.29, 0.717) is 17.5 Å². The molecule has 0 aliphatic carbocycles. The summed E-state index contributed by atoms with van der Waals surface area (Å²) >= 11 is 0. The Kier molecular flexibility index (Phi) is 3.61. The van der Waals surface area contributed by atoms with Crippen molar-refractivity contribution in [3.05, 3.63) is 54.8 Å². The van der Waals surface area contributed by atoms with E-state index in [9.17, 15) is 0 Å². The lowest BCUT2D eigenvalue weighted by Gasteiger charge is -2.18. The fourth-order valence-electron chi connectivity index (χ4n) is 2.54. The normalized spacial score (nSPS) is 20.6. The van der Waals surface area contributed by atoms with E-state index in [1.54, 1.807) is 25.7 Å². The van der Waals surface area contributed by atoms with Crippen LogP contribution in [0.5, 0.6) is 0 Å². The first-order valence-corrected chi connectivity index (χ1v) is 7.66. The van der Waals surface area contributed by atoms with Crippen LogP contribution >= 0.6 is 0 Å². The van der Waals surface area contributed by atoms with Gasteiger partial charge in [-0.15, -0.1) is 0 Å². The van der Waals surface area contributed by atoms with Crippen LogP contribution in [0.4, 0.5) is 0 Å². The molecule has 122 valence electrons. The van der Waals surface area contributed by atoms with E-state index < -0.39 is 0 Å². The number of nitrogens with zero attached hydrogens (tertiary/aromatic N) is 6. The SMILES string of the molecule is CO[N+]12C=CN=CC1=NC(C#Cc1nc(-c3ccccc3)cn1C)=N2. The van der Waals surface area contributed by atoms with Crippen molar-refractivity contribution in [1.29, 1.82) is 0 Å². The molecule has 0 saturated heterocycles. The van der Waals surface area contributed by atoms with E-state index in [2.05, 4.69) is 31.9 Å². The lowest BCUT2D eigenvalue weighted by atomic mass is 10.2. The molecule has 0 fully saturated rings. The van der Waals surface area contributed by atoms with Gasteiger partial charge in [0, 0.05) is 23.6 Å². The third kappa shape index (κ3) is 2.70. The van der Waals surface area contributed by atoms with Gasteiger partial charge in [-0.1, -0.05) is 30.3 Å². The predicted molar refractivity (Wildman–Crippen MR) is 95.3 cm³/mol. The zero-order valence-corrected chi connectivity index (χ0v) is 13.8. The molecule has 0 spiro atoms. The molecular weight excluding hydrogens is 316 g/mol. The summed E-state index contributed by atoms with van der Waals surface area (Å²) in [6, 6.07) is 9.98. The summed E-state index contributed by atoms with van der Waals surface area (Å²) in [6.45, 7) is 0. The highest BCUT2D eigenvalue weighted by molar-refractivity contribution is 6.31. The number of hydrogen-bond acceptors (Lipinski definition) is 5. The molecular formula is C18H15N6O+. The summed E-state index contributed by atoms with van der Waals surface area (Å²) in [5.74, 6) is 7.56. The topological polar surface area (TPSA) is 64.1 Å². The monoisotopic (exact) mass is 331 g/mol. The van der Waals surface area contributed by atoms with E-state index in [1.165, 1.54) is 0 Å². The maximum absolute atomic E-state index is 5.42. The zero-order chi connectivity index (χ0) is 17.3. The second kappa shape index (κ2) is 5.94. The number of imidazole rings is 1. The molecule has 3 heterocycles. The summed E-state index contributed by atoms with van der Waals surface area (Å²) in [5.41, 5.74) is 1.92. The molecule has 0 N–H and O–H groups in total. The minimum absolute atomic E-state index is 0.177. The van der Waals surface area contributed by atoms with E-state index in [4.69, 9.17) is 4.84 Å². The second-order valence-corrected chi connectivity index (χ2v) is 5.45. The molecule has 1 unspecified atom stereocenters. The van der Waals surface area contributed by atoms with Crippen LogP contribution in [0, 0.1) is 11.8 Å². The average Bonchev–Trinajstić information content (AvgIpc) is 3.21. The smallest absolute Gasteiger partial charge is 0.314 e. The van der Waals surface area contributed by atoms with Crippen molar-refractivity contribution in [2.75, 3.05) is 7.11 Å². The van der Waals surface area contributed by atoms with Gasteiger partial charge in [-0.3, -0.25) is 4.99 Å². The molecule has 2 aromatic rings. The summed E-state index contributed by atoms with van der Waals surface area (Å²) in [5, 5.41) is 4.41. The van der Waals surface area contributed by atoms with Crippen LogP contribution < -0.4 is 0 Å². The van der Waals surface area contributed by atoms with E-state index in [-0.39, 0.29) is 4.76 Å². The van der Waals surface area contributed by atoms with Gasteiger partial charge < -0.3 is 4.57 Å². The molecule has 7 nitrogen and oxygen atoms in total. The van der Waals surface area contributed by atoms with Crippen LogP contribution in [0.2, 0.25) is 0 Å². The summed E-state index contributed by atoms with van der Waals surface area (Å²) < 4.78 is 1.71. The van der Waals surface area contributed by atoms with Gasteiger partial charge in [-0.05, 0) is 16.9 Å². The molecule has 0 radical (unpaired) electrons. The number of hydrogen-bond donors (Lipinski definition) is 0. The van der Waals surface area contributed by atoms with Crippen molar-refractivity contribution < 1.29 is 9.59 Å². The number of hydroxylamine groups is 2. The Balaban J connectivity index is 1.65. The third-order valence-corrected chi connectivity index (χ3v) is 3.85. The van der Waals surface area contributed by atoms with Crippen molar-refractivity contribution >= 4 is 17.9 Å². The number of fused-ring (bicyclic) bond motifs is 1. The third-order valence-electron chi connectivity index (χ3n) is 3.85. The van der Waals surface area contributed by atoms with Crippen molar-refractivity contribution in [2.45, 2.75) is 0 Å². The molecule has 7 heteroatoms. The Morgan fingerprint density at radius 1 is 1.16 bits per heavy atom. The van der Waals surface area contributed by atoms with E-state index >= 15 is 0 Å². The molecule has 4 rings (SSSR count). The molecule has 2 aliphatic heterocycles. The number of benzene rings is 1. The van der Waals surface area contributed by atoms with Crippen molar-refractivity contribution in [2.24, 2.45) is 22.1 Å². The molecule has 2 aliphatic rings. The minimum atomic E-state index is -0.177. The average molecular weight is 331 g/mol. The number of quaternary nitrogens is 1. The van der Waals surface area contributed by atoms with Gasteiger partial charge in [-0.25, -0.2) is 4.98 Å². The first-order chi connectivity index (χ1) is 12.2. The van der Waals surface area contributed by atoms with Gasteiger partial charge in [0.25, 0.3) is 5.84 Å². The van der Waals surface area contributed by atoms with Crippen molar-refractivity contribution in [1.82, 2.24) is 9.55 Å². The Bertz CT molecular complexity index is 1000. The fourth-order valence-corrected chi connectivity index (χ4v) is 2.54. The maximum Gasteiger partial charge on any atom is 0.314 e. The van der Waals surface area contributed by atoms with Gasteiger partial charge in [0.2, 0.25) is 0 Å². The molecule has 1 atom stereocenters. The Morgan fingerprint density at radius 3 is 2.76 bits per heavy atom. The van der Waals surface area contributed by atoms with Gasteiger partial charge in [0.05, 0.1) is 19.0 Å².